The van der Waals surface area contributed by atoms with Crippen molar-refractivity contribution in [1.29, 1.82) is 0 Å². The van der Waals surface area contributed by atoms with Crippen LogP contribution in [-0.2, 0) is 9.59 Å². The number of nitrogens with one attached hydrogen (secondary N) is 2. The van der Waals surface area contributed by atoms with E-state index in [0.717, 1.165) is 11.3 Å². The van der Waals surface area contributed by atoms with Crippen LogP contribution in [0.25, 0.3) is 0 Å². The van der Waals surface area contributed by atoms with Crippen LogP contribution in [0.5, 0.6) is 0 Å². The van der Waals surface area contributed by atoms with E-state index in [2.05, 4.69) is 10.6 Å². The summed E-state index contributed by atoms with van der Waals surface area (Å²) in [7, 11) is 0. The molecule has 0 saturated carbocycles. The standard InChI is InChI=1S/C18H26N4O3/c1-11-9-13(16(19)24)12-7-5-6-8-14(12)22(11)10-15(23)20-17(25)21-18(2,3)4/h5-8,11,13H,9-10H2,1-4H3,(H2,19,24)(H2,20,21,23,25)/t11-,13-/m1/s1. The highest BCUT2D eigenvalue weighted by atomic mass is 16.2. The zero-order chi connectivity index (χ0) is 18.8. The summed E-state index contributed by atoms with van der Waals surface area (Å²) >= 11 is 0. The number of amides is 4. The van der Waals surface area contributed by atoms with Crippen LogP contribution in [-0.4, -0.2) is 36.0 Å². The van der Waals surface area contributed by atoms with E-state index >= 15 is 0 Å². The molecule has 0 fully saturated rings. The zero-order valence-corrected chi connectivity index (χ0v) is 15.1. The fraction of sp³-hybridized carbons (Fsp3) is 0.500. The third-order valence-electron chi connectivity index (χ3n) is 4.13. The minimum atomic E-state index is -0.523. The van der Waals surface area contributed by atoms with E-state index in [1.807, 2.05) is 56.9 Å². The number of rotatable bonds is 3. The van der Waals surface area contributed by atoms with Crippen molar-refractivity contribution in [3.8, 4) is 0 Å². The molecule has 1 heterocycles. The van der Waals surface area contributed by atoms with Gasteiger partial charge in [0, 0.05) is 17.3 Å². The van der Waals surface area contributed by atoms with Crippen molar-refractivity contribution in [2.45, 2.75) is 51.6 Å². The van der Waals surface area contributed by atoms with Gasteiger partial charge in [-0.15, -0.1) is 0 Å². The number of para-hydroxylation sites is 1. The second kappa shape index (κ2) is 7.13. The van der Waals surface area contributed by atoms with Crippen LogP contribution in [0.1, 0.15) is 45.6 Å². The first-order valence-electron chi connectivity index (χ1n) is 8.35. The molecule has 4 amide bonds. The fourth-order valence-corrected chi connectivity index (χ4v) is 3.08. The quantitative estimate of drug-likeness (QED) is 0.771. The Bertz CT molecular complexity index is 681. The largest absolute Gasteiger partial charge is 0.369 e. The number of benzene rings is 1. The number of primary amides is 1. The van der Waals surface area contributed by atoms with Gasteiger partial charge in [0.2, 0.25) is 11.8 Å². The number of hydrogen-bond donors (Lipinski definition) is 3. The van der Waals surface area contributed by atoms with E-state index in [4.69, 9.17) is 5.73 Å². The first-order chi connectivity index (χ1) is 11.6. The average Bonchev–Trinajstić information content (AvgIpc) is 2.47. The Balaban J connectivity index is 2.13. The minimum Gasteiger partial charge on any atom is -0.369 e. The lowest BCUT2D eigenvalue weighted by Gasteiger charge is -2.39. The number of fused-ring (bicyclic) bond motifs is 1. The SMILES string of the molecule is C[C@@H]1C[C@@H](C(N)=O)c2ccccc2N1CC(=O)NC(=O)NC(C)(C)C. The maximum Gasteiger partial charge on any atom is 0.321 e. The highest BCUT2D eigenvalue weighted by molar-refractivity contribution is 5.97. The lowest BCUT2D eigenvalue weighted by molar-refractivity contribution is -0.119. The summed E-state index contributed by atoms with van der Waals surface area (Å²) in [5.74, 6) is -1.14. The van der Waals surface area contributed by atoms with Gasteiger partial charge in [0.1, 0.15) is 0 Å². The summed E-state index contributed by atoms with van der Waals surface area (Å²) in [5.41, 5.74) is 6.72. The van der Waals surface area contributed by atoms with Gasteiger partial charge in [0.05, 0.1) is 12.5 Å². The Morgan fingerprint density at radius 2 is 1.88 bits per heavy atom. The smallest absolute Gasteiger partial charge is 0.321 e. The second-order valence-electron chi connectivity index (χ2n) is 7.48. The molecule has 0 spiro atoms. The monoisotopic (exact) mass is 346 g/mol. The molecule has 1 aromatic rings. The van der Waals surface area contributed by atoms with Crippen LogP contribution >= 0.6 is 0 Å². The molecule has 136 valence electrons. The third-order valence-corrected chi connectivity index (χ3v) is 4.13. The Hall–Kier alpha value is -2.57. The van der Waals surface area contributed by atoms with E-state index in [9.17, 15) is 14.4 Å². The van der Waals surface area contributed by atoms with Crippen LogP contribution < -0.4 is 21.3 Å². The molecule has 0 aliphatic carbocycles. The molecule has 1 aliphatic rings. The topological polar surface area (TPSA) is 105 Å². The molecule has 7 nitrogen and oxygen atoms in total. The Morgan fingerprint density at radius 1 is 1.24 bits per heavy atom. The molecule has 0 radical (unpaired) electrons. The van der Waals surface area contributed by atoms with Gasteiger partial charge in [0.15, 0.2) is 0 Å². The van der Waals surface area contributed by atoms with Gasteiger partial charge in [0.25, 0.3) is 0 Å². The van der Waals surface area contributed by atoms with Crippen molar-refractivity contribution in [1.82, 2.24) is 10.6 Å². The molecule has 2 atom stereocenters. The first-order valence-corrected chi connectivity index (χ1v) is 8.35. The summed E-state index contributed by atoms with van der Waals surface area (Å²) in [6.45, 7) is 7.48. The molecule has 4 N–H and O–H groups in total. The van der Waals surface area contributed by atoms with Crippen molar-refractivity contribution in [2.75, 3.05) is 11.4 Å². The second-order valence-corrected chi connectivity index (χ2v) is 7.48. The van der Waals surface area contributed by atoms with Gasteiger partial charge in [-0.3, -0.25) is 14.9 Å². The predicted octanol–water partition coefficient (Wildman–Crippen LogP) is 1.48. The van der Waals surface area contributed by atoms with E-state index in [-0.39, 0.29) is 24.4 Å². The Kier molecular flexibility index (Phi) is 5.35. The van der Waals surface area contributed by atoms with Crippen molar-refractivity contribution in [3.05, 3.63) is 29.8 Å². The number of urea groups is 1. The highest BCUT2D eigenvalue weighted by Crippen LogP contribution is 2.37. The van der Waals surface area contributed by atoms with Crippen molar-refractivity contribution in [2.24, 2.45) is 5.73 Å². The van der Waals surface area contributed by atoms with Gasteiger partial charge in [-0.1, -0.05) is 18.2 Å². The van der Waals surface area contributed by atoms with Crippen LogP contribution in [0.2, 0.25) is 0 Å². The number of carbonyl (C=O) groups excluding carboxylic acids is 3. The Morgan fingerprint density at radius 3 is 2.48 bits per heavy atom. The summed E-state index contributed by atoms with van der Waals surface area (Å²) in [4.78, 5) is 37.8. The number of imide groups is 1. The van der Waals surface area contributed by atoms with E-state index in [1.54, 1.807) is 0 Å². The number of nitrogens with zero attached hydrogens (tertiary/aromatic N) is 1. The normalized spacial score (nSPS) is 19.8. The lowest BCUT2D eigenvalue weighted by atomic mass is 9.85. The zero-order valence-electron chi connectivity index (χ0n) is 15.1. The van der Waals surface area contributed by atoms with Crippen LogP contribution in [0.15, 0.2) is 24.3 Å². The van der Waals surface area contributed by atoms with Gasteiger partial charge in [-0.25, -0.2) is 4.79 Å². The molecule has 2 rings (SSSR count). The average molecular weight is 346 g/mol. The highest BCUT2D eigenvalue weighted by Gasteiger charge is 2.33. The number of hydrogen-bond acceptors (Lipinski definition) is 4. The molecular formula is C18H26N4O3. The summed E-state index contributed by atoms with van der Waals surface area (Å²) in [5, 5.41) is 5.04. The van der Waals surface area contributed by atoms with Crippen molar-refractivity contribution >= 4 is 23.5 Å². The van der Waals surface area contributed by atoms with Gasteiger partial charge >= 0.3 is 6.03 Å². The van der Waals surface area contributed by atoms with Crippen LogP contribution in [0.4, 0.5) is 10.5 Å². The van der Waals surface area contributed by atoms with Gasteiger partial charge in [-0.05, 0) is 45.7 Å². The van der Waals surface area contributed by atoms with E-state index < -0.39 is 17.5 Å². The molecule has 0 unspecified atom stereocenters. The third kappa shape index (κ3) is 4.71. The molecule has 0 saturated heterocycles. The molecule has 0 bridgehead atoms. The maximum atomic E-state index is 12.3. The fourth-order valence-electron chi connectivity index (χ4n) is 3.08. The van der Waals surface area contributed by atoms with Crippen molar-refractivity contribution in [3.63, 3.8) is 0 Å². The van der Waals surface area contributed by atoms with E-state index in [1.165, 1.54) is 0 Å². The molecule has 7 heteroatoms. The molecule has 25 heavy (non-hydrogen) atoms. The van der Waals surface area contributed by atoms with Gasteiger partial charge in [-0.2, -0.15) is 0 Å². The number of anilines is 1. The number of nitrogens with two attached hydrogens (primary N) is 1. The Labute approximate surface area is 147 Å². The molecule has 1 aromatic carbocycles. The van der Waals surface area contributed by atoms with Crippen LogP contribution in [0, 0.1) is 0 Å². The minimum absolute atomic E-state index is 0.0290. The van der Waals surface area contributed by atoms with Crippen molar-refractivity contribution < 1.29 is 14.4 Å². The lowest BCUT2D eigenvalue weighted by Crippen LogP contribution is -2.52. The molecule has 1 aliphatic heterocycles. The maximum absolute atomic E-state index is 12.3. The number of carbonyl (C=O) groups is 3. The predicted molar refractivity (Wildman–Crippen MR) is 96.2 cm³/mol. The molecule has 0 aromatic heterocycles. The summed E-state index contributed by atoms with van der Waals surface area (Å²) < 4.78 is 0. The molecular weight excluding hydrogens is 320 g/mol. The summed E-state index contributed by atoms with van der Waals surface area (Å²) in [6.07, 6.45) is 0.536. The summed E-state index contributed by atoms with van der Waals surface area (Å²) in [6, 6.07) is 6.85. The van der Waals surface area contributed by atoms with Crippen LogP contribution in [0.3, 0.4) is 0 Å². The first kappa shape index (κ1) is 18.8. The van der Waals surface area contributed by atoms with Gasteiger partial charge < -0.3 is 16.0 Å². The van der Waals surface area contributed by atoms with E-state index in [0.29, 0.717) is 6.42 Å².